The second-order valence-electron chi connectivity index (χ2n) is 8.35. The molecule has 3 aromatic heterocycles. The highest BCUT2D eigenvalue weighted by atomic mass is 35.5. The number of hydrogen-bond acceptors (Lipinski definition) is 7. The van der Waals surface area contributed by atoms with Crippen molar-refractivity contribution in [3.63, 3.8) is 0 Å². The van der Waals surface area contributed by atoms with Crippen molar-refractivity contribution in [2.45, 2.75) is 38.3 Å². The van der Waals surface area contributed by atoms with Crippen LogP contribution in [-0.4, -0.2) is 42.6 Å². The molecule has 10 heteroatoms. The first kappa shape index (κ1) is 22.2. The Balaban J connectivity index is 1.32. The van der Waals surface area contributed by atoms with Gasteiger partial charge in [-0.3, -0.25) is 4.68 Å². The molecular formula is C24H22ClN5O4. The van der Waals surface area contributed by atoms with Gasteiger partial charge in [-0.15, -0.1) is 0 Å². The summed E-state index contributed by atoms with van der Waals surface area (Å²) in [6.07, 6.45) is 4.34. The van der Waals surface area contributed by atoms with Crippen molar-refractivity contribution in [2.24, 2.45) is 0 Å². The van der Waals surface area contributed by atoms with E-state index in [2.05, 4.69) is 20.2 Å². The van der Waals surface area contributed by atoms with Gasteiger partial charge in [-0.05, 0) is 49.4 Å². The smallest absolute Gasteiger partial charge is 0.329 e. The zero-order chi connectivity index (χ0) is 23.7. The van der Waals surface area contributed by atoms with Crippen LogP contribution in [0.5, 0.6) is 0 Å². The fraction of sp³-hybridized carbons (Fsp3) is 0.292. The van der Waals surface area contributed by atoms with E-state index >= 15 is 0 Å². The van der Waals surface area contributed by atoms with Crippen LogP contribution in [0.25, 0.3) is 23.0 Å². The molecule has 5 rings (SSSR count). The molecule has 1 fully saturated rings. The maximum atomic E-state index is 10.9. The molecule has 1 aromatic carbocycles. The molecule has 0 unspecified atom stereocenters. The van der Waals surface area contributed by atoms with Gasteiger partial charge >= 0.3 is 5.97 Å². The minimum absolute atomic E-state index is 0.309. The summed E-state index contributed by atoms with van der Waals surface area (Å²) in [6, 6.07) is 13.2. The highest BCUT2D eigenvalue weighted by Gasteiger charge is 2.40. The molecule has 4 aromatic rings. The number of carbonyl (C=O) groups is 1. The molecule has 0 radical (unpaired) electrons. The van der Waals surface area contributed by atoms with Crippen molar-refractivity contribution in [3.05, 3.63) is 70.6 Å². The first-order valence-electron chi connectivity index (χ1n) is 10.9. The van der Waals surface area contributed by atoms with E-state index in [1.165, 1.54) is 0 Å². The number of aryl methyl sites for hydroxylation is 1. The molecule has 1 aliphatic carbocycles. The zero-order valence-corrected chi connectivity index (χ0v) is 19.2. The Morgan fingerprint density at radius 3 is 2.68 bits per heavy atom. The summed E-state index contributed by atoms with van der Waals surface area (Å²) < 4.78 is 13.0. The van der Waals surface area contributed by atoms with Crippen molar-refractivity contribution in [3.8, 4) is 23.0 Å². The molecule has 174 valence electrons. The van der Waals surface area contributed by atoms with Crippen LogP contribution in [0.3, 0.4) is 0 Å². The van der Waals surface area contributed by atoms with Crippen LogP contribution in [0, 0.1) is 6.92 Å². The van der Waals surface area contributed by atoms with Crippen molar-refractivity contribution >= 4 is 17.6 Å². The predicted molar refractivity (Wildman–Crippen MR) is 123 cm³/mol. The minimum Gasteiger partial charge on any atom is -0.480 e. The van der Waals surface area contributed by atoms with Crippen LogP contribution in [0.1, 0.15) is 36.1 Å². The van der Waals surface area contributed by atoms with Gasteiger partial charge in [0.15, 0.2) is 5.69 Å². The van der Waals surface area contributed by atoms with E-state index in [1.807, 2.05) is 48.0 Å². The summed E-state index contributed by atoms with van der Waals surface area (Å²) in [4.78, 5) is 19.6. The van der Waals surface area contributed by atoms with E-state index in [9.17, 15) is 4.79 Å². The summed E-state index contributed by atoms with van der Waals surface area (Å²) in [7, 11) is 0. The number of ether oxygens (including phenoxy) is 1. The second-order valence-corrected chi connectivity index (χ2v) is 8.74. The molecule has 1 aliphatic rings. The average Bonchev–Trinajstić information content (AvgIpc) is 3.42. The lowest BCUT2D eigenvalue weighted by Gasteiger charge is -2.41. The largest absolute Gasteiger partial charge is 0.480 e. The molecular weight excluding hydrogens is 458 g/mol. The van der Waals surface area contributed by atoms with E-state index in [0.29, 0.717) is 29.1 Å². The van der Waals surface area contributed by atoms with E-state index in [1.54, 1.807) is 12.3 Å². The van der Waals surface area contributed by atoms with Crippen LogP contribution in [-0.2, 0) is 21.7 Å². The minimum atomic E-state index is -0.968. The van der Waals surface area contributed by atoms with Gasteiger partial charge in [0.2, 0.25) is 5.82 Å². The van der Waals surface area contributed by atoms with E-state index in [4.69, 9.17) is 26.0 Å². The molecule has 1 N–H and O–H groups in total. The third-order valence-electron chi connectivity index (χ3n) is 6.05. The zero-order valence-electron chi connectivity index (χ0n) is 18.4. The summed E-state index contributed by atoms with van der Waals surface area (Å²) >= 11 is 5.86. The number of hydrogen-bond donors (Lipinski definition) is 1. The second kappa shape index (κ2) is 9.00. The molecule has 0 bridgehead atoms. The van der Waals surface area contributed by atoms with Crippen LogP contribution < -0.4 is 0 Å². The molecule has 0 aliphatic heterocycles. The Kier molecular flexibility index (Phi) is 5.89. The first-order chi connectivity index (χ1) is 16.4. The van der Waals surface area contributed by atoms with Crippen molar-refractivity contribution < 1.29 is 19.2 Å². The number of carboxylic acids is 1. The van der Waals surface area contributed by atoms with Gasteiger partial charge < -0.3 is 14.4 Å². The van der Waals surface area contributed by atoms with Gasteiger partial charge in [0.05, 0.1) is 12.1 Å². The Bertz CT molecular complexity index is 1310. The topological polar surface area (TPSA) is 116 Å². The quantitative estimate of drug-likeness (QED) is 0.367. The molecule has 0 spiro atoms. The number of benzene rings is 1. The lowest BCUT2D eigenvalue weighted by atomic mass is 9.74. The lowest BCUT2D eigenvalue weighted by molar-refractivity contribution is -0.159. The van der Waals surface area contributed by atoms with E-state index < -0.39 is 11.6 Å². The van der Waals surface area contributed by atoms with Crippen molar-refractivity contribution in [2.75, 3.05) is 6.61 Å². The number of aromatic nitrogens is 5. The van der Waals surface area contributed by atoms with Gasteiger partial charge in [0.1, 0.15) is 11.8 Å². The van der Waals surface area contributed by atoms with Crippen LogP contribution in [0.4, 0.5) is 0 Å². The normalized spacial score (nSPS) is 14.6. The lowest BCUT2D eigenvalue weighted by Crippen LogP contribution is -2.38. The number of halogens is 1. The maximum Gasteiger partial charge on any atom is 0.329 e. The molecule has 0 saturated heterocycles. The molecule has 34 heavy (non-hydrogen) atoms. The van der Waals surface area contributed by atoms with Gasteiger partial charge in [-0.25, -0.2) is 9.78 Å². The van der Waals surface area contributed by atoms with Crippen molar-refractivity contribution in [1.82, 2.24) is 24.9 Å². The number of nitrogens with zero attached hydrogens (tertiary/aromatic N) is 5. The molecule has 0 amide bonds. The molecule has 3 heterocycles. The average molecular weight is 480 g/mol. The third kappa shape index (κ3) is 4.44. The summed E-state index contributed by atoms with van der Waals surface area (Å²) in [5.74, 6) is -0.190. The van der Waals surface area contributed by atoms with Gasteiger partial charge in [0.25, 0.3) is 5.89 Å². The molecule has 1 saturated carbocycles. The summed E-state index contributed by atoms with van der Waals surface area (Å²) in [6.45, 7) is 2.19. The fourth-order valence-electron chi connectivity index (χ4n) is 4.03. The van der Waals surface area contributed by atoms with Gasteiger partial charge in [-0.2, -0.15) is 10.1 Å². The number of rotatable bonds is 8. The predicted octanol–water partition coefficient (Wildman–Crippen LogP) is 4.49. The Morgan fingerprint density at radius 1 is 1.24 bits per heavy atom. The number of aliphatic carboxylic acids is 1. The van der Waals surface area contributed by atoms with E-state index in [-0.39, 0.29) is 6.61 Å². The Labute approximate surface area is 200 Å². The van der Waals surface area contributed by atoms with Gasteiger partial charge in [0, 0.05) is 17.5 Å². The summed E-state index contributed by atoms with van der Waals surface area (Å²) in [5, 5.41) is 18.1. The Morgan fingerprint density at radius 2 is 2.03 bits per heavy atom. The molecule has 9 nitrogen and oxygen atoms in total. The molecule has 0 atom stereocenters. The van der Waals surface area contributed by atoms with Crippen LogP contribution >= 0.6 is 11.6 Å². The SMILES string of the molecule is Cc1cc(-c2nc(-c3ccc(C4(OCC(=O)O)CCC4)cc3)no2)nn1Cc1ccc(Cl)nc1. The van der Waals surface area contributed by atoms with Crippen molar-refractivity contribution in [1.29, 1.82) is 0 Å². The monoisotopic (exact) mass is 479 g/mol. The van der Waals surface area contributed by atoms with Gasteiger partial charge in [-0.1, -0.05) is 47.1 Å². The maximum absolute atomic E-state index is 10.9. The number of carboxylic acid groups (broad SMARTS) is 1. The number of pyridine rings is 1. The van der Waals surface area contributed by atoms with Crippen LogP contribution in [0.15, 0.2) is 53.2 Å². The first-order valence-corrected chi connectivity index (χ1v) is 11.3. The van der Waals surface area contributed by atoms with E-state index in [0.717, 1.165) is 41.6 Å². The van der Waals surface area contributed by atoms with Crippen LogP contribution in [0.2, 0.25) is 5.15 Å². The highest BCUT2D eigenvalue weighted by molar-refractivity contribution is 6.29. The fourth-order valence-corrected chi connectivity index (χ4v) is 4.14. The highest BCUT2D eigenvalue weighted by Crippen LogP contribution is 2.45. The Hall–Kier alpha value is -3.56. The standard InChI is InChI=1S/C24H22ClN5O4/c1-15-11-19(28-30(15)13-16-3-8-20(25)26-12-16)23-27-22(29-34-23)17-4-6-18(7-5-17)24(9-2-10-24)33-14-21(31)32/h3-8,11-12H,2,9-10,13-14H2,1H3,(H,31,32). The third-order valence-corrected chi connectivity index (χ3v) is 6.27. The summed E-state index contributed by atoms with van der Waals surface area (Å²) in [5.41, 5.74) is 3.73.